The number of para-hydroxylation sites is 1. The van der Waals surface area contributed by atoms with Gasteiger partial charge in [0.15, 0.2) is 6.61 Å². The van der Waals surface area contributed by atoms with E-state index in [4.69, 9.17) is 21.1 Å². The van der Waals surface area contributed by atoms with E-state index in [0.717, 1.165) is 11.1 Å². The van der Waals surface area contributed by atoms with E-state index in [1.54, 1.807) is 24.3 Å². The van der Waals surface area contributed by atoms with Crippen molar-refractivity contribution in [1.82, 2.24) is 16.0 Å². The third-order valence-electron chi connectivity index (χ3n) is 6.40. The van der Waals surface area contributed by atoms with E-state index in [1.165, 1.54) is 0 Å². The van der Waals surface area contributed by atoms with Gasteiger partial charge in [-0.05, 0) is 68.0 Å². The van der Waals surface area contributed by atoms with Gasteiger partial charge in [-0.3, -0.25) is 14.4 Å². The molecule has 3 rings (SSSR count). The molecule has 0 unspecified atom stereocenters. The Hall–Kier alpha value is -3.56. The Balaban J connectivity index is 1.45. The van der Waals surface area contributed by atoms with E-state index in [2.05, 4.69) is 16.0 Å². The average Bonchev–Trinajstić information content (AvgIpc) is 2.90. The van der Waals surface area contributed by atoms with Crippen molar-refractivity contribution < 1.29 is 29.0 Å². The van der Waals surface area contributed by atoms with Crippen molar-refractivity contribution in [3.05, 3.63) is 64.2 Å². The van der Waals surface area contributed by atoms with E-state index in [1.807, 2.05) is 45.9 Å². The Labute approximate surface area is 240 Å². The van der Waals surface area contributed by atoms with Crippen molar-refractivity contribution in [2.45, 2.75) is 52.7 Å². The smallest absolute Gasteiger partial charge is 0.257 e. The molecule has 9 nitrogen and oxygen atoms in total. The Bertz CT molecular complexity index is 1230. The number of hydrogen-bond acceptors (Lipinski definition) is 6. The summed E-state index contributed by atoms with van der Waals surface area (Å²) in [5.74, 6) is 0.264. The number of hydrogen-bond donors (Lipinski definition) is 4. The summed E-state index contributed by atoms with van der Waals surface area (Å²) in [6.45, 7) is 8.04. The molecule has 3 amide bonds. The lowest BCUT2D eigenvalue weighted by Crippen LogP contribution is -2.49. The molecule has 1 heterocycles. The molecule has 0 fully saturated rings. The number of aryl methyl sites for hydroxylation is 2. The number of rotatable bonds is 13. The molecule has 0 aliphatic carbocycles. The molecule has 0 spiro atoms. The third kappa shape index (κ3) is 8.99. The highest BCUT2D eigenvalue weighted by Crippen LogP contribution is 2.32. The van der Waals surface area contributed by atoms with E-state index < -0.39 is 24.0 Å². The zero-order chi connectivity index (χ0) is 29.2. The quantitative estimate of drug-likeness (QED) is 0.292. The van der Waals surface area contributed by atoms with Crippen molar-refractivity contribution in [2.24, 2.45) is 5.92 Å². The zero-order valence-electron chi connectivity index (χ0n) is 23.4. The van der Waals surface area contributed by atoms with Gasteiger partial charge in [0.1, 0.15) is 24.1 Å². The summed E-state index contributed by atoms with van der Waals surface area (Å²) < 4.78 is 11.2. The maximum Gasteiger partial charge on any atom is 0.257 e. The predicted molar refractivity (Wildman–Crippen MR) is 154 cm³/mol. The summed E-state index contributed by atoms with van der Waals surface area (Å²) in [6.07, 6.45) is 1.42. The molecular weight excluding hydrogens is 534 g/mol. The van der Waals surface area contributed by atoms with Crippen LogP contribution < -0.4 is 25.4 Å². The summed E-state index contributed by atoms with van der Waals surface area (Å²) in [7, 11) is 0. The molecule has 1 aliphatic heterocycles. The number of benzene rings is 2. The van der Waals surface area contributed by atoms with Gasteiger partial charge in [0.25, 0.3) is 11.8 Å². The molecule has 0 saturated carbocycles. The topological polar surface area (TPSA) is 126 Å². The molecule has 10 heteroatoms. The first-order valence-electron chi connectivity index (χ1n) is 13.4. The van der Waals surface area contributed by atoms with Crippen LogP contribution in [-0.4, -0.2) is 61.3 Å². The van der Waals surface area contributed by atoms with Crippen LogP contribution in [0.5, 0.6) is 11.5 Å². The van der Waals surface area contributed by atoms with Gasteiger partial charge in [0.2, 0.25) is 5.91 Å². The first-order chi connectivity index (χ1) is 19.0. The molecule has 1 aliphatic rings. The lowest BCUT2D eigenvalue weighted by atomic mass is 9.99. The fraction of sp³-hybridized carbons (Fsp3) is 0.433. The van der Waals surface area contributed by atoms with Gasteiger partial charge in [-0.1, -0.05) is 43.6 Å². The van der Waals surface area contributed by atoms with Gasteiger partial charge in [-0.25, -0.2) is 0 Å². The van der Waals surface area contributed by atoms with Crippen LogP contribution in [0.25, 0.3) is 5.57 Å². The minimum atomic E-state index is -0.883. The largest absolute Gasteiger partial charge is 0.489 e. The number of aliphatic hydroxyl groups excluding tert-OH is 1. The summed E-state index contributed by atoms with van der Waals surface area (Å²) in [5, 5.41) is 19.1. The van der Waals surface area contributed by atoms with Gasteiger partial charge >= 0.3 is 0 Å². The number of carbonyl (C=O) groups is 3. The highest BCUT2D eigenvalue weighted by atomic mass is 35.5. The molecule has 0 aromatic heterocycles. The standard InChI is InChI=1S/C30H38ClN3O6/c1-18(2)14-25(34-29(37)23-11-13-39-26-9-8-21(31)15-24(23)26)30(38)33-16-22(35)10-12-32-27(36)17-40-28-19(3)6-5-7-20(28)4/h5-9,11,15,18,22,25,35H,10,12-14,16-17H2,1-4H3,(H,32,36)(H,33,38)(H,34,37)/t22-,25-/m0/s1. The van der Waals surface area contributed by atoms with Gasteiger partial charge < -0.3 is 30.5 Å². The zero-order valence-corrected chi connectivity index (χ0v) is 24.1. The molecule has 0 bridgehead atoms. The third-order valence-corrected chi connectivity index (χ3v) is 6.63. The van der Waals surface area contributed by atoms with Crippen molar-refractivity contribution in [1.29, 1.82) is 0 Å². The van der Waals surface area contributed by atoms with Gasteiger partial charge in [0.05, 0.1) is 6.10 Å². The van der Waals surface area contributed by atoms with Crippen LogP contribution in [0.3, 0.4) is 0 Å². The molecule has 2 aromatic carbocycles. The van der Waals surface area contributed by atoms with E-state index in [-0.39, 0.29) is 44.5 Å². The SMILES string of the molecule is Cc1cccc(C)c1OCC(=O)NCC[C@H](O)CNC(=O)[C@H](CC(C)C)NC(=O)C1=CCOc2ccc(Cl)cc21. The van der Waals surface area contributed by atoms with Gasteiger partial charge in [0, 0.05) is 29.2 Å². The van der Waals surface area contributed by atoms with Crippen LogP contribution in [-0.2, 0) is 14.4 Å². The van der Waals surface area contributed by atoms with Gasteiger partial charge in [-0.15, -0.1) is 0 Å². The first kappa shape index (κ1) is 31.0. The normalized spacial score (nSPS) is 13.8. The number of carbonyl (C=O) groups excluding carboxylic acids is 3. The maximum atomic E-state index is 13.1. The van der Waals surface area contributed by atoms with Crippen LogP contribution in [0.1, 0.15) is 43.4 Å². The van der Waals surface area contributed by atoms with Crippen LogP contribution in [0, 0.1) is 19.8 Å². The number of amides is 3. The van der Waals surface area contributed by atoms with Crippen LogP contribution in [0.15, 0.2) is 42.5 Å². The molecule has 216 valence electrons. The lowest BCUT2D eigenvalue weighted by molar-refractivity contribution is -0.127. The minimum absolute atomic E-state index is 0.0208. The molecule has 0 saturated heterocycles. The molecule has 4 N–H and O–H groups in total. The van der Waals surface area contributed by atoms with Crippen LogP contribution in [0.2, 0.25) is 5.02 Å². The maximum absolute atomic E-state index is 13.1. The van der Waals surface area contributed by atoms with Crippen LogP contribution >= 0.6 is 11.6 Å². The minimum Gasteiger partial charge on any atom is -0.489 e. The predicted octanol–water partition coefficient (Wildman–Crippen LogP) is 3.33. The number of halogens is 1. The van der Waals surface area contributed by atoms with Crippen LogP contribution in [0.4, 0.5) is 0 Å². The first-order valence-corrected chi connectivity index (χ1v) is 13.8. The highest BCUT2D eigenvalue weighted by molar-refractivity contribution is 6.31. The number of aliphatic hydroxyl groups is 1. The Kier molecular flexibility index (Phi) is 11.4. The fourth-order valence-electron chi connectivity index (χ4n) is 4.35. The highest BCUT2D eigenvalue weighted by Gasteiger charge is 2.27. The lowest BCUT2D eigenvalue weighted by Gasteiger charge is -2.24. The second-order valence-corrected chi connectivity index (χ2v) is 10.7. The molecule has 2 atom stereocenters. The summed E-state index contributed by atoms with van der Waals surface area (Å²) in [4.78, 5) is 38.3. The van der Waals surface area contributed by atoms with E-state index >= 15 is 0 Å². The number of nitrogens with one attached hydrogen (secondary N) is 3. The monoisotopic (exact) mass is 571 g/mol. The Morgan fingerprint density at radius 1 is 1.10 bits per heavy atom. The number of fused-ring (bicyclic) bond motifs is 1. The second-order valence-electron chi connectivity index (χ2n) is 10.3. The van der Waals surface area contributed by atoms with Crippen molar-refractivity contribution in [2.75, 3.05) is 26.3 Å². The summed E-state index contributed by atoms with van der Waals surface area (Å²) >= 11 is 6.12. The second kappa shape index (κ2) is 14.7. The molecule has 0 radical (unpaired) electrons. The van der Waals surface area contributed by atoms with Gasteiger partial charge in [-0.2, -0.15) is 0 Å². The average molecular weight is 572 g/mol. The van der Waals surface area contributed by atoms with Crippen molar-refractivity contribution in [3.8, 4) is 11.5 Å². The Morgan fingerprint density at radius 2 is 1.82 bits per heavy atom. The van der Waals surface area contributed by atoms with Crippen molar-refractivity contribution in [3.63, 3.8) is 0 Å². The van der Waals surface area contributed by atoms with E-state index in [0.29, 0.717) is 34.1 Å². The summed E-state index contributed by atoms with van der Waals surface area (Å²) in [6, 6.07) is 10.0. The fourth-order valence-corrected chi connectivity index (χ4v) is 4.53. The number of ether oxygens (including phenoxy) is 2. The van der Waals surface area contributed by atoms with E-state index in [9.17, 15) is 19.5 Å². The summed E-state index contributed by atoms with van der Waals surface area (Å²) in [5.41, 5.74) is 2.86. The van der Waals surface area contributed by atoms with Crippen molar-refractivity contribution >= 4 is 34.9 Å². The molecule has 2 aromatic rings. The molecule has 40 heavy (non-hydrogen) atoms. The Morgan fingerprint density at radius 3 is 2.52 bits per heavy atom. The molecular formula is C30H38ClN3O6.